The van der Waals surface area contributed by atoms with Gasteiger partial charge in [-0.15, -0.1) is 0 Å². The average molecular weight is 266 g/mol. The molecule has 0 bridgehead atoms. The van der Waals surface area contributed by atoms with Crippen molar-refractivity contribution in [3.05, 3.63) is 29.6 Å². The molecule has 1 aliphatic rings. The van der Waals surface area contributed by atoms with Crippen molar-refractivity contribution in [2.24, 2.45) is 5.73 Å². The Bertz CT molecular complexity index is 446. The first-order valence-electron chi connectivity index (χ1n) is 6.91. The van der Waals surface area contributed by atoms with E-state index in [0.717, 1.165) is 43.6 Å². The Morgan fingerprint density at radius 1 is 1.37 bits per heavy atom. The van der Waals surface area contributed by atoms with E-state index in [2.05, 4.69) is 4.90 Å². The SMILES string of the molecule is C[C@H](N)c1cc(F)ccc1N1CCCC(C)(O)CC1. The van der Waals surface area contributed by atoms with Crippen molar-refractivity contribution >= 4 is 5.69 Å². The van der Waals surface area contributed by atoms with E-state index in [1.165, 1.54) is 12.1 Å². The van der Waals surface area contributed by atoms with Crippen molar-refractivity contribution in [2.75, 3.05) is 18.0 Å². The number of halogens is 1. The molecular weight excluding hydrogens is 243 g/mol. The molecule has 1 saturated heterocycles. The molecule has 19 heavy (non-hydrogen) atoms. The van der Waals surface area contributed by atoms with Gasteiger partial charge >= 0.3 is 0 Å². The summed E-state index contributed by atoms with van der Waals surface area (Å²) in [6.07, 6.45) is 2.46. The number of anilines is 1. The lowest BCUT2D eigenvalue weighted by molar-refractivity contribution is 0.0481. The lowest BCUT2D eigenvalue weighted by atomic mass is 9.98. The number of benzene rings is 1. The standard InChI is InChI=1S/C15H23FN2O/c1-11(17)13-10-12(16)4-5-14(13)18-8-3-6-15(2,19)7-9-18/h4-5,10-11,19H,3,6-9,17H2,1-2H3/t11-,15?/m0/s1. The number of nitrogens with two attached hydrogens (primary N) is 1. The fourth-order valence-electron chi connectivity index (χ4n) is 2.68. The number of aliphatic hydroxyl groups is 1. The van der Waals surface area contributed by atoms with Gasteiger partial charge in [0.15, 0.2) is 0 Å². The highest BCUT2D eigenvalue weighted by Crippen LogP contribution is 2.30. The average Bonchev–Trinajstić information content (AvgIpc) is 2.50. The molecule has 1 aromatic carbocycles. The summed E-state index contributed by atoms with van der Waals surface area (Å²) in [5.41, 5.74) is 7.18. The summed E-state index contributed by atoms with van der Waals surface area (Å²) >= 11 is 0. The smallest absolute Gasteiger partial charge is 0.123 e. The molecule has 1 unspecified atom stereocenters. The second-order valence-corrected chi connectivity index (χ2v) is 5.83. The van der Waals surface area contributed by atoms with E-state index >= 15 is 0 Å². The summed E-state index contributed by atoms with van der Waals surface area (Å²) < 4.78 is 13.4. The van der Waals surface area contributed by atoms with Gasteiger partial charge in [-0.05, 0) is 56.9 Å². The van der Waals surface area contributed by atoms with Crippen molar-refractivity contribution in [3.8, 4) is 0 Å². The molecule has 0 saturated carbocycles. The van der Waals surface area contributed by atoms with Gasteiger partial charge in [0, 0.05) is 24.8 Å². The van der Waals surface area contributed by atoms with Gasteiger partial charge in [0.05, 0.1) is 5.60 Å². The van der Waals surface area contributed by atoms with Crippen LogP contribution in [0.4, 0.5) is 10.1 Å². The summed E-state index contributed by atoms with van der Waals surface area (Å²) in [6.45, 7) is 5.40. The molecule has 3 N–H and O–H groups in total. The normalized spacial score (nSPS) is 26.1. The zero-order chi connectivity index (χ0) is 14.0. The molecule has 3 nitrogen and oxygen atoms in total. The Labute approximate surface area is 114 Å². The Morgan fingerprint density at radius 2 is 2.11 bits per heavy atom. The molecule has 2 atom stereocenters. The third-order valence-electron chi connectivity index (χ3n) is 3.88. The zero-order valence-corrected chi connectivity index (χ0v) is 11.7. The Balaban J connectivity index is 2.26. The van der Waals surface area contributed by atoms with E-state index in [1.807, 2.05) is 13.8 Å². The van der Waals surface area contributed by atoms with Crippen LogP contribution in [-0.4, -0.2) is 23.8 Å². The molecule has 1 heterocycles. The van der Waals surface area contributed by atoms with Crippen LogP contribution in [0, 0.1) is 5.82 Å². The van der Waals surface area contributed by atoms with Crippen LogP contribution in [0.15, 0.2) is 18.2 Å². The maximum Gasteiger partial charge on any atom is 0.123 e. The van der Waals surface area contributed by atoms with Gasteiger partial charge in [0.1, 0.15) is 5.82 Å². The summed E-state index contributed by atoms with van der Waals surface area (Å²) in [6, 6.07) is 4.59. The number of hydrogen-bond donors (Lipinski definition) is 2. The minimum absolute atomic E-state index is 0.200. The number of hydrogen-bond acceptors (Lipinski definition) is 3. The Morgan fingerprint density at radius 3 is 2.79 bits per heavy atom. The maximum absolute atomic E-state index is 13.4. The van der Waals surface area contributed by atoms with Crippen LogP contribution in [0.25, 0.3) is 0 Å². The van der Waals surface area contributed by atoms with Gasteiger partial charge in [0.2, 0.25) is 0 Å². The lowest BCUT2D eigenvalue weighted by Crippen LogP contribution is -2.29. The molecule has 0 radical (unpaired) electrons. The largest absolute Gasteiger partial charge is 0.390 e. The summed E-state index contributed by atoms with van der Waals surface area (Å²) in [7, 11) is 0. The first-order valence-corrected chi connectivity index (χ1v) is 6.91. The summed E-state index contributed by atoms with van der Waals surface area (Å²) in [5, 5.41) is 10.1. The van der Waals surface area contributed by atoms with Crippen LogP contribution in [0.3, 0.4) is 0 Å². The Kier molecular flexibility index (Phi) is 4.11. The van der Waals surface area contributed by atoms with Crippen LogP contribution in [-0.2, 0) is 0 Å². The third-order valence-corrected chi connectivity index (χ3v) is 3.88. The number of nitrogens with zero attached hydrogens (tertiary/aromatic N) is 1. The Hall–Kier alpha value is -1.13. The van der Waals surface area contributed by atoms with E-state index in [1.54, 1.807) is 6.07 Å². The third kappa shape index (κ3) is 3.45. The van der Waals surface area contributed by atoms with Gasteiger partial charge in [0.25, 0.3) is 0 Å². The molecule has 2 rings (SSSR count). The van der Waals surface area contributed by atoms with Gasteiger partial charge in [-0.25, -0.2) is 4.39 Å². The van der Waals surface area contributed by atoms with Crippen molar-refractivity contribution in [1.82, 2.24) is 0 Å². The quantitative estimate of drug-likeness (QED) is 0.865. The van der Waals surface area contributed by atoms with E-state index in [4.69, 9.17) is 5.73 Å². The maximum atomic E-state index is 13.4. The highest BCUT2D eigenvalue weighted by atomic mass is 19.1. The van der Waals surface area contributed by atoms with Crippen molar-refractivity contribution in [1.29, 1.82) is 0 Å². The molecule has 1 aromatic rings. The minimum atomic E-state index is -0.594. The van der Waals surface area contributed by atoms with Crippen molar-refractivity contribution in [2.45, 2.75) is 44.8 Å². The molecule has 1 fully saturated rings. The molecular formula is C15H23FN2O. The van der Waals surface area contributed by atoms with Gasteiger partial charge in [-0.1, -0.05) is 0 Å². The van der Waals surface area contributed by atoms with Crippen LogP contribution in [0.1, 0.15) is 44.7 Å². The fourth-order valence-corrected chi connectivity index (χ4v) is 2.68. The second-order valence-electron chi connectivity index (χ2n) is 5.83. The summed E-state index contributed by atoms with van der Waals surface area (Å²) in [4.78, 5) is 2.21. The molecule has 0 aromatic heterocycles. The van der Waals surface area contributed by atoms with Crippen LogP contribution < -0.4 is 10.6 Å². The molecule has 106 valence electrons. The van der Waals surface area contributed by atoms with Crippen LogP contribution in [0.2, 0.25) is 0 Å². The molecule has 0 amide bonds. The first-order chi connectivity index (χ1) is 8.89. The lowest BCUT2D eigenvalue weighted by Gasteiger charge is -2.27. The highest BCUT2D eigenvalue weighted by Gasteiger charge is 2.26. The van der Waals surface area contributed by atoms with E-state index in [-0.39, 0.29) is 11.9 Å². The highest BCUT2D eigenvalue weighted by molar-refractivity contribution is 5.55. The minimum Gasteiger partial charge on any atom is -0.390 e. The van der Waals surface area contributed by atoms with Crippen LogP contribution in [0.5, 0.6) is 0 Å². The van der Waals surface area contributed by atoms with Gasteiger partial charge in [-0.2, -0.15) is 0 Å². The van der Waals surface area contributed by atoms with Gasteiger partial charge < -0.3 is 15.7 Å². The zero-order valence-electron chi connectivity index (χ0n) is 11.7. The number of rotatable bonds is 2. The van der Waals surface area contributed by atoms with E-state index < -0.39 is 5.60 Å². The first kappa shape index (κ1) is 14.3. The predicted octanol–water partition coefficient (Wildman–Crippen LogP) is 2.59. The summed E-state index contributed by atoms with van der Waals surface area (Å²) in [5.74, 6) is -0.252. The van der Waals surface area contributed by atoms with Gasteiger partial charge in [-0.3, -0.25) is 0 Å². The monoisotopic (exact) mass is 266 g/mol. The van der Waals surface area contributed by atoms with E-state index in [0.29, 0.717) is 0 Å². The van der Waals surface area contributed by atoms with Crippen molar-refractivity contribution in [3.63, 3.8) is 0 Å². The molecule has 1 aliphatic heterocycles. The molecule has 0 aliphatic carbocycles. The predicted molar refractivity (Wildman–Crippen MR) is 75.7 cm³/mol. The van der Waals surface area contributed by atoms with Crippen molar-refractivity contribution < 1.29 is 9.50 Å². The fraction of sp³-hybridized carbons (Fsp3) is 0.600. The molecule has 0 spiro atoms. The van der Waals surface area contributed by atoms with E-state index in [9.17, 15) is 9.50 Å². The second kappa shape index (κ2) is 5.47. The molecule has 4 heteroatoms. The van der Waals surface area contributed by atoms with Crippen LogP contribution >= 0.6 is 0 Å². The topological polar surface area (TPSA) is 49.5 Å².